The lowest BCUT2D eigenvalue weighted by molar-refractivity contribution is -0.147. The van der Waals surface area contributed by atoms with Gasteiger partial charge >= 0.3 is 5.97 Å². The van der Waals surface area contributed by atoms with Gasteiger partial charge < -0.3 is 10.1 Å². The van der Waals surface area contributed by atoms with Crippen LogP contribution in [0, 0.1) is 0 Å². The van der Waals surface area contributed by atoms with Gasteiger partial charge in [0.05, 0.1) is 6.61 Å². The van der Waals surface area contributed by atoms with Crippen LogP contribution in [0.15, 0.2) is 22.7 Å². The standard InChI is InChI=1S/C15H16BrNO3/c1-2-20-14(19)13-15(8-12(18)17-13)7-6-9-10(15)4-3-5-11(9)16/h3-5,13H,2,6-8H2,1H3,(H,17,18). The van der Waals surface area contributed by atoms with Gasteiger partial charge in [-0.25, -0.2) is 4.79 Å². The van der Waals surface area contributed by atoms with Crippen molar-refractivity contribution in [2.45, 2.75) is 37.6 Å². The van der Waals surface area contributed by atoms with E-state index in [4.69, 9.17) is 4.74 Å². The van der Waals surface area contributed by atoms with Gasteiger partial charge in [-0.1, -0.05) is 28.1 Å². The fraction of sp³-hybridized carbons (Fsp3) is 0.467. The molecule has 0 saturated carbocycles. The van der Waals surface area contributed by atoms with Crippen molar-refractivity contribution in [3.05, 3.63) is 33.8 Å². The lowest BCUT2D eigenvalue weighted by Gasteiger charge is -2.29. The number of halogens is 1. The van der Waals surface area contributed by atoms with Gasteiger partial charge in [-0.15, -0.1) is 0 Å². The quantitative estimate of drug-likeness (QED) is 0.840. The third kappa shape index (κ3) is 1.87. The predicted octanol–water partition coefficient (Wildman–Crippen LogP) is 2.08. The van der Waals surface area contributed by atoms with E-state index in [0.717, 1.165) is 22.9 Å². The smallest absolute Gasteiger partial charge is 0.329 e. The molecule has 1 spiro atoms. The van der Waals surface area contributed by atoms with Crippen LogP contribution in [0.2, 0.25) is 0 Å². The number of hydrogen-bond acceptors (Lipinski definition) is 3. The Morgan fingerprint density at radius 2 is 2.35 bits per heavy atom. The van der Waals surface area contributed by atoms with E-state index in [1.54, 1.807) is 6.92 Å². The van der Waals surface area contributed by atoms with Gasteiger partial charge in [0, 0.05) is 16.3 Å². The van der Waals surface area contributed by atoms with Crippen LogP contribution in [0.1, 0.15) is 30.9 Å². The molecule has 2 unspecified atom stereocenters. The summed E-state index contributed by atoms with van der Waals surface area (Å²) in [5.74, 6) is -0.401. The molecule has 1 saturated heterocycles. The Morgan fingerprint density at radius 1 is 1.55 bits per heavy atom. The summed E-state index contributed by atoms with van der Waals surface area (Å²) in [6.45, 7) is 2.10. The van der Waals surface area contributed by atoms with E-state index in [9.17, 15) is 9.59 Å². The number of esters is 1. The molecule has 3 rings (SSSR count). The number of carbonyl (C=O) groups is 2. The number of ether oxygens (including phenoxy) is 1. The summed E-state index contributed by atoms with van der Waals surface area (Å²) in [4.78, 5) is 24.1. The predicted molar refractivity (Wildman–Crippen MR) is 77.3 cm³/mol. The lowest BCUT2D eigenvalue weighted by atomic mass is 9.75. The van der Waals surface area contributed by atoms with Gasteiger partial charge in [-0.05, 0) is 37.0 Å². The van der Waals surface area contributed by atoms with E-state index >= 15 is 0 Å². The van der Waals surface area contributed by atoms with Crippen LogP contribution in [0.25, 0.3) is 0 Å². The first kappa shape index (κ1) is 13.6. The second-order valence-corrected chi connectivity index (χ2v) is 6.21. The molecule has 5 heteroatoms. The first-order valence-electron chi connectivity index (χ1n) is 6.82. The summed E-state index contributed by atoms with van der Waals surface area (Å²) in [5, 5.41) is 2.80. The second kappa shape index (κ2) is 4.88. The van der Waals surface area contributed by atoms with Crippen molar-refractivity contribution in [2.24, 2.45) is 0 Å². The monoisotopic (exact) mass is 337 g/mol. The molecular weight excluding hydrogens is 322 g/mol. The molecule has 0 bridgehead atoms. The topological polar surface area (TPSA) is 55.4 Å². The molecule has 1 aliphatic carbocycles. The Morgan fingerprint density at radius 3 is 3.10 bits per heavy atom. The summed E-state index contributed by atoms with van der Waals surface area (Å²) < 4.78 is 6.19. The zero-order valence-electron chi connectivity index (χ0n) is 11.2. The Labute approximate surface area is 126 Å². The Bertz CT molecular complexity index is 586. The van der Waals surface area contributed by atoms with Crippen LogP contribution in [0.4, 0.5) is 0 Å². The van der Waals surface area contributed by atoms with Crippen LogP contribution >= 0.6 is 15.9 Å². The molecule has 0 aromatic heterocycles. The SMILES string of the molecule is CCOC(=O)C1NC(=O)CC12CCc1c(Br)cccc12. The molecular formula is C15H16BrNO3. The molecule has 4 nitrogen and oxygen atoms in total. The fourth-order valence-corrected chi connectivity index (χ4v) is 4.06. The molecule has 2 atom stereocenters. The zero-order chi connectivity index (χ0) is 14.3. The average Bonchev–Trinajstić information content (AvgIpc) is 2.94. The third-order valence-corrected chi connectivity index (χ3v) is 5.08. The molecule has 1 heterocycles. The Hall–Kier alpha value is -1.36. The van der Waals surface area contributed by atoms with Crippen LogP contribution in [0.3, 0.4) is 0 Å². The number of amides is 1. The van der Waals surface area contributed by atoms with E-state index in [1.807, 2.05) is 18.2 Å². The van der Waals surface area contributed by atoms with Gasteiger partial charge in [0.1, 0.15) is 6.04 Å². The highest BCUT2D eigenvalue weighted by atomic mass is 79.9. The number of carbonyl (C=O) groups excluding carboxylic acids is 2. The van der Waals surface area contributed by atoms with Crippen molar-refractivity contribution in [3.63, 3.8) is 0 Å². The van der Waals surface area contributed by atoms with Gasteiger partial charge in [0.2, 0.25) is 5.91 Å². The number of benzene rings is 1. The normalized spacial score (nSPS) is 27.5. The van der Waals surface area contributed by atoms with E-state index in [1.165, 1.54) is 5.56 Å². The first-order valence-corrected chi connectivity index (χ1v) is 7.61. The number of nitrogens with one attached hydrogen (secondary N) is 1. The largest absolute Gasteiger partial charge is 0.464 e. The second-order valence-electron chi connectivity index (χ2n) is 5.35. The van der Waals surface area contributed by atoms with Crippen LogP contribution in [-0.2, 0) is 26.2 Å². The fourth-order valence-electron chi connectivity index (χ4n) is 3.49. The van der Waals surface area contributed by atoms with Crippen molar-refractivity contribution in [2.75, 3.05) is 6.61 Å². The molecule has 1 aromatic carbocycles. The van der Waals surface area contributed by atoms with Gasteiger partial charge in [0.25, 0.3) is 0 Å². The van der Waals surface area contributed by atoms with Gasteiger partial charge in [0.15, 0.2) is 0 Å². The van der Waals surface area contributed by atoms with Crippen LogP contribution in [0.5, 0.6) is 0 Å². The number of fused-ring (bicyclic) bond motifs is 2. The molecule has 106 valence electrons. The minimum absolute atomic E-state index is 0.0733. The van der Waals surface area contributed by atoms with Crippen molar-refractivity contribution >= 4 is 27.8 Å². The molecule has 2 aliphatic rings. The highest BCUT2D eigenvalue weighted by Crippen LogP contribution is 2.48. The Balaban J connectivity index is 2.06. The number of rotatable bonds is 2. The van der Waals surface area contributed by atoms with E-state index in [-0.39, 0.29) is 11.9 Å². The maximum Gasteiger partial charge on any atom is 0.329 e. The zero-order valence-corrected chi connectivity index (χ0v) is 12.8. The van der Waals surface area contributed by atoms with E-state index < -0.39 is 11.5 Å². The molecule has 1 amide bonds. The number of hydrogen-bond donors (Lipinski definition) is 1. The molecule has 1 aromatic rings. The van der Waals surface area contributed by atoms with E-state index in [0.29, 0.717) is 13.0 Å². The summed E-state index contributed by atoms with van der Waals surface area (Å²) in [6, 6.07) is 5.42. The highest BCUT2D eigenvalue weighted by molar-refractivity contribution is 9.10. The van der Waals surface area contributed by atoms with Crippen LogP contribution < -0.4 is 5.32 Å². The van der Waals surface area contributed by atoms with Crippen LogP contribution in [-0.4, -0.2) is 24.5 Å². The van der Waals surface area contributed by atoms with Crippen molar-refractivity contribution < 1.29 is 14.3 Å². The molecule has 1 aliphatic heterocycles. The maximum atomic E-state index is 12.2. The minimum atomic E-state index is -0.564. The molecule has 1 fully saturated rings. The van der Waals surface area contributed by atoms with E-state index in [2.05, 4.69) is 21.2 Å². The highest BCUT2D eigenvalue weighted by Gasteiger charge is 2.55. The maximum absolute atomic E-state index is 12.2. The summed E-state index contributed by atoms with van der Waals surface area (Å²) in [6.07, 6.45) is 2.04. The third-order valence-electron chi connectivity index (χ3n) is 4.33. The lowest BCUT2D eigenvalue weighted by Crippen LogP contribution is -2.46. The van der Waals surface area contributed by atoms with Gasteiger partial charge in [-0.2, -0.15) is 0 Å². The summed E-state index contributed by atoms with van der Waals surface area (Å²) >= 11 is 3.56. The minimum Gasteiger partial charge on any atom is -0.464 e. The van der Waals surface area contributed by atoms with Crippen molar-refractivity contribution in [3.8, 4) is 0 Å². The molecule has 0 radical (unpaired) electrons. The van der Waals surface area contributed by atoms with Crippen molar-refractivity contribution in [1.82, 2.24) is 5.32 Å². The van der Waals surface area contributed by atoms with Gasteiger partial charge in [-0.3, -0.25) is 4.79 Å². The van der Waals surface area contributed by atoms with Crippen molar-refractivity contribution in [1.29, 1.82) is 0 Å². The first-order chi connectivity index (χ1) is 9.58. The molecule has 20 heavy (non-hydrogen) atoms. The average molecular weight is 338 g/mol. The molecule has 1 N–H and O–H groups in total. The summed E-state index contributed by atoms with van der Waals surface area (Å²) in [5.41, 5.74) is 1.87. The Kier molecular flexibility index (Phi) is 3.32. The summed E-state index contributed by atoms with van der Waals surface area (Å²) in [7, 11) is 0.